The fourth-order valence-electron chi connectivity index (χ4n) is 2.75. The molecule has 1 aliphatic carbocycles. The molecule has 6 heteroatoms. The van der Waals surface area contributed by atoms with Gasteiger partial charge in [-0.3, -0.25) is 9.58 Å². The van der Waals surface area contributed by atoms with Gasteiger partial charge >= 0.3 is 0 Å². The fraction of sp³-hybridized carbons (Fsp3) is 0.667. The molecule has 0 radical (unpaired) electrons. The minimum Gasteiger partial charge on any atom is -0.370 e. The van der Waals surface area contributed by atoms with Crippen LogP contribution in [0.25, 0.3) is 11.0 Å². The van der Waals surface area contributed by atoms with Crippen molar-refractivity contribution in [2.75, 3.05) is 18.9 Å². The highest BCUT2D eigenvalue weighted by atomic mass is 15.3. The van der Waals surface area contributed by atoms with Crippen molar-refractivity contribution in [1.82, 2.24) is 24.6 Å². The predicted octanol–water partition coefficient (Wildman–Crippen LogP) is 2.03. The molecular formula is C15H24N6. The zero-order valence-electron chi connectivity index (χ0n) is 13.3. The summed E-state index contributed by atoms with van der Waals surface area (Å²) >= 11 is 0. The van der Waals surface area contributed by atoms with E-state index >= 15 is 0 Å². The SMILES string of the molecule is CCNc1nc(CN(C)C(C)C2CC2)nc2c1cnn2C. The Kier molecular flexibility index (Phi) is 3.80. The number of aromatic nitrogens is 4. The topological polar surface area (TPSA) is 58.9 Å². The highest BCUT2D eigenvalue weighted by molar-refractivity contribution is 5.86. The number of hydrogen-bond donors (Lipinski definition) is 1. The van der Waals surface area contributed by atoms with E-state index in [0.29, 0.717) is 6.04 Å². The summed E-state index contributed by atoms with van der Waals surface area (Å²) in [5, 5.41) is 8.60. The van der Waals surface area contributed by atoms with Crippen LogP contribution in [0.1, 0.15) is 32.5 Å². The molecule has 1 N–H and O–H groups in total. The molecule has 2 aromatic rings. The molecule has 3 rings (SSSR count). The van der Waals surface area contributed by atoms with Gasteiger partial charge in [0.1, 0.15) is 11.6 Å². The van der Waals surface area contributed by atoms with Crippen LogP contribution < -0.4 is 5.32 Å². The molecule has 0 spiro atoms. The van der Waals surface area contributed by atoms with Crippen LogP contribution >= 0.6 is 0 Å². The molecule has 0 amide bonds. The number of aryl methyl sites for hydroxylation is 1. The molecule has 1 aliphatic rings. The minimum absolute atomic E-state index is 0.596. The van der Waals surface area contributed by atoms with E-state index in [-0.39, 0.29) is 0 Å². The van der Waals surface area contributed by atoms with Gasteiger partial charge in [0.15, 0.2) is 5.65 Å². The van der Waals surface area contributed by atoms with Crippen LogP contribution in [-0.2, 0) is 13.6 Å². The Bertz CT molecular complexity index is 630. The zero-order chi connectivity index (χ0) is 15.0. The lowest BCUT2D eigenvalue weighted by atomic mass is 10.2. The van der Waals surface area contributed by atoms with Gasteiger partial charge in [0.2, 0.25) is 0 Å². The fourth-order valence-corrected chi connectivity index (χ4v) is 2.75. The van der Waals surface area contributed by atoms with Gasteiger partial charge < -0.3 is 5.32 Å². The third kappa shape index (κ3) is 2.85. The average Bonchev–Trinajstić information content (AvgIpc) is 3.24. The lowest BCUT2D eigenvalue weighted by Gasteiger charge is -2.23. The van der Waals surface area contributed by atoms with E-state index in [2.05, 4.69) is 46.2 Å². The second kappa shape index (κ2) is 5.60. The summed E-state index contributed by atoms with van der Waals surface area (Å²) in [6, 6.07) is 0.596. The van der Waals surface area contributed by atoms with Crippen LogP contribution in [0.4, 0.5) is 5.82 Å². The molecule has 21 heavy (non-hydrogen) atoms. The molecule has 0 saturated heterocycles. The largest absolute Gasteiger partial charge is 0.370 e. The minimum atomic E-state index is 0.596. The van der Waals surface area contributed by atoms with Crippen LogP contribution in [-0.4, -0.2) is 44.3 Å². The molecule has 6 nitrogen and oxygen atoms in total. The van der Waals surface area contributed by atoms with E-state index in [0.717, 1.165) is 41.7 Å². The van der Waals surface area contributed by atoms with Crippen LogP contribution in [0, 0.1) is 5.92 Å². The first kappa shape index (κ1) is 14.3. The van der Waals surface area contributed by atoms with Crippen molar-refractivity contribution in [3.05, 3.63) is 12.0 Å². The van der Waals surface area contributed by atoms with Crippen molar-refractivity contribution >= 4 is 16.9 Å². The van der Waals surface area contributed by atoms with E-state index in [1.54, 1.807) is 0 Å². The summed E-state index contributed by atoms with van der Waals surface area (Å²) in [6.07, 6.45) is 4.54. The van der Waals surface area contributed by atoms with Crippen molar-refractivity contribution in [2.24, 2.45) is 13.0 Å². The van der Waals surface area contributed by atoms with Gasteiger partial charge in [-0.2, -0.15) is 5.10 Å². The van der Waals surface area contributed by atoms with Crippen molar-refractivity contribution in [3.8, 4) is 0 Å². The monoisotopic (exact) mass is 288 g/mol. The Balaban J connectivity index is 1.88. The van der Waals surface area contributed by atoms with Gasteiger partial charge in [-0.15, -0.1) is 0 Å². The first-order chi connectivity index (χ1) is 10.1. The Morgan fingerprint density at radius 2 is 2.19 bits per heavy atom. The summed E-state index contributed by atoms with van der Waals surface area (Å²) < 4.78 is 1.81. The van der Waals surface area contributed by atoms with E-state index in [1.807, 2.05) is 17.9 Å². The normalized spacial score (nSPS) is 16.6. The van der Waals surface area contributed by atoms with Crippen LogP contribution in [0.15, 0.2) is 6.20 Å². The molecule has 0 aliphatic heterocycles. The number of rotatable bonds is 6. The molecule has 114 valence electrons. The Morgan fingerprint density at radius 1 is 1.43 bits per heavy atom. The maximum atomic E-state index is 4.69. The number of nitrogens with zero attached hydrogens (tertiary/aromatic N) is 5. The highest BCUT2D eigenvalue weighted by Crippen LogP contribution is 2.35. The molecule has 0 bridgehead atoms. The van der Waals surface area contributed by atoms with Gasteiger partial charge in [-0.05, 0) is 39.7 Å². The second-order valence-electron chi connectivity index (χ2n) is 6.02. The van der Waals surface area contributed by atoms with Crippen LogP contribution in [0.5, 0.6) is 0 Å². The van der Waals surface area contributed by atoms with Crippen LogP contribution in [0.2, 0.25) is 0 Å². The quantitative estimate of drug-likeness (QED) is 0.881. The van der Waals surface area contributed by atoms with E-state index in [4.69, 9.17) is 0 Å². The Labute approximate surface area is 125 Å². The maximum Gasteiger partial charge on any atom is 0.163 e. The Hall–Kier alpha value is -1.69. The predicted molar refractivity (Wildman–Crippen MR) is 84.1 cm³/mol. The first-order valence-electron chi connectivity index (χ1n) is 7.73. The second-order valence-corrected chi connectivity index (χ2v) is 6.02. The molecule has 1 saturated carbocycles. The molecule has 2 aromatic heterocycles. The summed E-state index contributed by atoms with van der Waals surface area (Å²) in [5.74, 6) is 2.60. The van der Waals surface area contributed by atoms with Crippen molar-refractivity contribution < 1.29 is 0 Å². The Morgan fingerprint density at radius 3 is 2.86 bits per heavy atom. The lowest BCUT2D eigenvalue weighted by Crippen LogP contribution is -2.31. The third-order valence-corrected chi connectivity index (χ3v) is 4.37. The van der Waals surface area contributed by atoms with Crippen molar-refractivity contribution in [3.63, 3.8) is 0 Å². The standard InChI is InChI=1S/C15H24N6/c1-5-16-14-12-8-17-21(4)15(12)19-13(18-14)9-20(3)10(2)11-6-7-11/h8,10-11H,5-7,9H2,1-4H3,(H,16,18,19). The zero-order valence-corrected chi connectivity index (χ0v) is 13.3. The van der Waals surface area contributed by atoms with E-state index in [9.17, 15) is 0 Å². The highest BCUT2D eigenvalue weighted by Gasteiger charge is 2.30. The summed E-state index contributed by atoms with van der Waals surface area (Å²) in [6.45, 7) is 5.99. The molecule has 0 aromatic carbocycles. The summed E-state index contributed by atoms with van der Waals surface area (Å²) in [5.41, 5.74) is 0.892. The van der Waals surface area contributed by atoms with Crippen molar-refractivity contribution in [1.29, 1.82) is 0 Å². The molecule has 1 fully saturated rings. The summed E-state index contributed by atoms with van der Waals surface area (Å²) in [4.78, 5) is 11.7. The smallest absolute Gasteiger partial charge is 0.163 e. The lowest BCUT2D eigenvalue weighted by molar-refractivity contribution is 0.221. The van der Waals surface area contributed by atoms with Gasteiger partial charge in [-0.1, -0.05) is 0 Å². The van der Waals surface area contributed by atoms with Crippen molar-refractivity contribution in [2.45, 2.75) is 39.3 Å². The maximum absolute atomic E-state index is 4.69. The summed E-state index contributed by atoms with van der Waals surface area (Å²) in [7, 11) is 4.08. The number of hydrogen-bond acceptors (Lipinski definition) is 5. The van der Waals surface area contributed by atoms with Gasteiger partial charge in [-0.25, -0.2) is 9.97 Å². The molecule has 1 atom stereocenters. The number of fused-ring (bicyclic) bond motifs is 1. The van der Waals surface area contributed by atoms with Gasteiger partial charge in [0, 0.05) is 19.6 Å². The first-order valence-corrected chi connectivity index (χ1v) is 7.73. The van der Waals surface area contributed by atoms with Crippen LogP contribution in [0.3, 0.4) is 0 Å². The molecule has 2 heterocycles. The number of nitrogens with one attached hydrogen (secondary N) is 1. The third-order valence-electron chi connectivity index (χ3n) is 4.37. The van der Waals surface area contributed by atoms with Gasteiger partial charge in [0.25, 0.3) is 0 Å². The average molecular weight is 288 g/mol. The van der Waals surface area contributed by atoms with E-state index in [1.165, 1.54) is 12.8 Å². The van der Waals surface area contributed by atoms with Gasteiger partial charge in [0.05, 0.1) is 18.1 Å². The number of anilines is 1. The van der Waals surface area contributed by atoms with E-state index < -0.39 is 0 Å². The molecular weight excluding hydrogens is 264 g/mol. The molecule has 1 unspecified atom stereocenters.